The molecule has 1 aliphatic rings. The summed E-state index contributed by atoms with van der Waals surface area (Å²) < 4.78 is 10.7. The Balaban J connectivity index is 2.06. The van der Waals surface area contributed by atoms with Gasteiger partial charge in [0.25, 0.3) is 0 Å². The number of benzene rings is 1. The Kier molecular flexibility index (Phi) is 3.30. The summed E-state index contributed by atoms with van der Waals surface area (Å²) in [6.45, 7) is 3.25. The van der Waals surface area contributed by atoms with Gasteiger partial charge in [0.2, 0.25) is 0 Å². The number of rotatable bonds is 3. The zero-order valence-electron chi connectivity index (χ0n) is 12.2. The van der Waals surface area contributed by atoms with Gasteiger partial charge in [-0.15, -0.1) is 0 Å². The fourth-order valence-corrected chi connectivity index (χ4v) is 2.86. The van der Waals surface area contributed by atoms with E-state index in [0.717, 1.165) is 35.6 Å². The molecule has 1 aromatic carbocycles. The number of nitrogens with one attached hydrogen (secondary N) is 2. The highest BCUT2D eigenvalue weighted by atomic mass is 16.5. The second-order valence-corrected chi connectivity index (χ2v) is 5.53. The Labute approximate surface area is 118 Å². The summed E-state index contributed by atoms with van der Waals surface area (Å²) in [5.41, 5.74) is 1.81. The number of nitrogens with zero attached hydrogens (tertiary/aromatic N) is 1. The lowest BCUT2D eigenvalue weighted by molar-refractivity contribution is 0.271. The minimum absolute atomic E-state index is 0.0717. The molecule has 2 aromatic rings. The van der Waals surface area contributed by atoms with Crippen molar-refractivity contribution in [3.05, 3.63) is 18.0 Å². The van der Waals surface area contributed by atoms with Gasteiger partial charge in [0.15, 0.2) is 11.5 Å². The number of aromatic nitrogens is 2. The van der Waals surface area contributed by atoms with E-state index in [0.29, 0.717) is 5.75 Å². The Morgan fingerprint density at radius 3 is 2.55 bits per heavy atom. The van der Waals surface area contributed by atoms with Crippen LogP contribution in [0.15, 0.2) is 12.1 Å². The third-order valence-electron chi connectivity index (χ3n) is 4.13. The van der Waals surface area contributed by atoms with Crippen molar-refractivity contribution in [3.8, 4) is 11.5 Å². The van der Waals surface area contributed by atoms with Gasteiger partial charge >= 0.3 is 0 Å². The first-order valence-corrected chi connectivity index (χ1v) is 7.03. The molecule has 5 heteroatoms. The topological polar surface area (TPSA) is 59.2 Å². The van der Waals surface area contributed by atoms with Gasteiger partial charge in [-0.1, -0.05) is 0 Å². The van der Waals surface area contributed by atoms with E-state index in [-0.39, 0.29) is 5.54 Å². The van der Waals surface area contributed by atoms with Crippen molar-refractivity contribution in [3.63, 3.8) is 0 Å². The molecule has 20 heavy (non-hydrogen) atoms. The Morgan fingerprint density at radius 2 is 1.90 bits per heavy atom. The maximum absolute atomic E-state index is 5.34. The highest BCUT2D eigenvalue weighted by Gasteiger charge is 2.31. The van der Waals surface area contributed by atoms with Crippen LogP contribution in [-0.2, 0) is 5.54 Å². The molecule has 0 saturated carbocycles. The van der Waals surface area contributed by atoms with Crippen LogP contribution < -0.4 is 14.8 Å². The van der Waals surface area contributed by atoms with Crippen LogP contribution in [-0.4, -0.2) is 30.7 Å². The van der Waals surface area contributed by atoms with Crippen LogP contribution in [0.4, 0.5) is 0 Å². The fraction of sp³-hybridized carbons (Fsp3) is 0.533. The first-order chi connectivity index (χ1) is 9.66. The summed E-state index contributed by atoms with van der Waals surface area (Å²) in [6.07, 6.45) is 3.56. The average Bonchev–Trinajstić information content (AvgIpc) is 2.90. The summed E-state index contributed by atoms with van der Waals surface area (Å²) in [4.78, 5) is 8.16. The lowest BCUT2D eigenvalue weighted by atomic mass is 9.90. The van der Waals surface area contributed by atoms with E-state index in [4.69, 9.17) is 14.5 Å². The number of hydrogen-bond acceptors (Lipinski definition) is 4. The van der Waals surface area contributed by atoms with E-state index in [1.54, 1.807) is 14.2 Å². The van der Waals surface area contributed by atoms with Gasteiger partial charge in [0, 0.05) is 12.1 Å². The van der Waals surface area contributed by atoms with E-state index in [9.17, 15) is 0 Å². The molecule has 0 bridgehead atoms. The Morgan fingerprint density at radius 1 is 1.15 bits per heavy atom. The van der Waals surface area contributed by atoms with Gasteiger partial charge in [-0.25, -0.2) is 4.98 Å². The average molecular weight is 275 g/mol. The van der Waals surface area contributed by atoms with E-state index < -0.39 is 0 Å². The summed E-state index contributed by atoms with van der Waals surface area (Å²) in [5, 5.41) is 3.57. The van der Waals surface area contributed by atoms with Crippen molar-refractivity contribution < 1.29 is 9.47 Å². The number of fused-ring (bicyclic) bond motifs is 1. The summed E-state index contributed by atoms with van der Waals surface area (Å²) in [5.74, 6) is 2.42. The fourth-order valence-electron chi connectivity index (χ4n) is 2.86. The van der Waals surface area contributed by atoms with Crippen LogP contribution in [0.3, 0.4) is 0 Å². The number of methoxy groups -OCH3 is 2. The molecule has 0 aliphatic carbocycles. The predicted molar refractivity (Wildman–Crippen MR) is 78.4 cm³/mol. The largest absolute Gasteiger partial charge is 0.493 e. The summed E-state index contributed by atoms with van der Waals surface area (Å²) in [6, 6.07) is 3.86. The monoisotopic (exact) mass is 275 g/mol. The van der Waals surface area contributed by atoms with Gasteiger partial charge in [0.05, 0.1) is 30.8 Å². The molecule has 3 rings (SSSR count). The summed E-state index contributed by atoms with van der Waals surface area (Å²) in [7, 11) is 3.28. The predicted octanol–water partition coefficient (Wildman–Crippen LogP) is 2.57. The van der Waals surface area contributed by atoms with Gasteiger partial charge in [-0.2, -0.15) is 0 Å². The molecule has 1 aliphatic heterocycles. The SMILES string of the molecule is COc1cc2nc(C3(C)CCCCN3)[nH]c2cc1OC. The minimum Gasteiger partial charge on any atom is -0.493 e. The molecule has 2 heterocycles. The van der Waals surface area contributed by atoms with Crippen LogP contribution in [0, 0.1) is 0 Å². The van der Waals surface area contributed by atoms with E-state index in [2.05, 4.69) is 17.2 Å². The van der Waals surface area contributed by atoms with Crippen LogP contribution in [0.2, 0.25) is 0 Å². The second-order valence-electron chi connectivity index (χ2n) is 5.53. The van der Waals surface area contributed by atoms with Gasteiger partial charge in [0.1, 0.15) is 5.82 Å². The molecule has 108 valence electrons. The van der Waals surface area contributed by atoms with Crippen molar-refractivity contribution in [2.45, 2.75) is 31.7 Å². The maximum Gasteiger partial charge on any atom is 0.163 e. The smallest absolute Gasteiger partial charge is 0.163 e. The molecule has 1 fully saturated rings. The highest BCUT2D eigenvalue weighted by molar-refractivity contribution is 5.80. The molecule has 0 amide bonds. The van der Waals surface area contributed by atoms with Gasteiger partial charge < -0.3 is 19.8 Å². The van der Waals surface area contributed by atoms with Crippen LogP contribution in [0.25, 0.3) is 11.0 Å². The van der Waals surface area contributed by atoms with Gasteiger partial charge in [-0.05, 0) is 32.7 Å². The van der Waals surface area contributed by atoms with E-state index in [1.807, 2.05) is 12.1 Å². The first-order valence-electron chi connectivity index (χ1n) is 7.03. The first kappa shape index (κ1) is 13.2. The zero-order chi connectivity index (χ0) is 14.2. The molecule has 1 unspecified atom stereocenters. The zero-order valence-corrected chi connectivity index (χ0v) is 12.2. The summed E-state index contributed by atoms with van der Waals surface area (Å²) >= 11 is 0. The third kappa shape index (κ3) is 2.12. The number of piperidine rings is 1. The van der Waals surface area contributed by atoms with E-state index >= 15 is 0 Å². The standard InChI is InChI=1S/C15H21N3O2/c1-15(6-4-5-7-16-15)14-17-10-8-12(19-2)13(20-3)9-11(10)18-14/h8-9,16H,4-7H2,1-3H3,(H,17,18). The normalized spacial score (nSPS) is 22.9. The number of aromatic amines is 1. The molecule has 1 aromatic heterocycles. The number of H-pyrrole nitrogens is 1. The Bertz CT molecular complexity index is 574. The number of ether oxygens (including phenoxy) is 2. The van der Waals surface area contributed by atoms with Crippen molar-refractivity contribution in [1.29, 1.82) is 0 Å². The van der Waals surface area contributed by atoms with E-state index in [1.165, 1.54) is 12.8 Å². The lowest BCUT2D eigenvalue weighted by Crippen LogP contribution is -2.44. The maximum atomic E-state index is 5.34. The molecule has 0 radical (unpaired) electrons. The van der Waals surface area contributed by atoms with Crippen molar-refractivity contribution in [2.75, 3.05) is 20.8 Å². The molecular formula is C15H21N3O2. The lowest BCUT2D eigenvalue weighted by Gasteiger charge is -2.33. The third-order valence-corrected chi connectivity index (χ3v) is 4.13. The second kappa shape index (κ2) is 4.98. The van der Waals surface area contributed by atoms with Crippen molar-refractivity contribution in [1.82, 2.24) is 15.3 Å². The molecule has 1 atom stereocenters. The minimum atomic E-state index is -0.0717. The molecule has 5 nitrogen and oxygen atoms in total. The van der Waals surface area contributed by atoms with Crippen molar-refractivity contribution >= 4 is 11.0 Å². The quantitative estimate of drug-likeness (QED) is 0.904. The number of hydrogen-bond donors (Lipinski definition) is 2. The molecule has 0 spiro atoms. The Hall–Kier alpha value is -1.75. The highest BCUT2D eigenvalue weighted by Crippen LogP contribution is 2.34. The van der Waals surface area contributed by atoms with Crippen molar-refractivity contribution in [2.24, 2.45) is 0 Å². The van der Waals surface area contributed by atoms with Gasteiger partial charge in [-0.3, -0.25) is 0 Å². The number of imidazole rings is 1. The molecule has 1 saturated heterocycles. The van der Waals surface area contributed by atoms with Crippen LogP contribution >= 0.6 is 0 Å². The van der Waals surface area contributed by atoms with Crippen LogP contribution in [0.5, 0.6) is 11.5 Å². The molecule has 2 N–H and O–H groups in total. The van der Waals surface area contributed by atoms with Crippen LogP contribution in [0.1, 0.15) is 32.0 Å². The molecular weight excluding hydrogens is 254 g/mol.